The van der Waals surface area contributed by atoms with Crippen molar-refractivity contribution in [3.8, 4) is 0 Å². The van der Waals surface area contributed by atoms with Gasteiger partial charge in [0.15, 0.2) is 0 Å². The van der Waals surface area contributed by atoms with E-state index < -0.39 is 0 Å². The zero-order chi connectivity index (χ0) is 12.6. The second kappa shape index (κ2) is 6.64. The van der Waals surface area contributed by atoms with Gasteiger partial charge < -0.3 is 15.2 Å². The fraction of sp³-hybridized carbons (Fsp3) is 0.385. The van der Waals surface area contributed by atoms with E-state index in [0.29, 0.717) is 0 Å². The zero-order valence-electron chi connectivity index (χ0n) is 10.6. The number of rotatable bonds is 7. The fourth-order valence-corrected chi connectivity index (χ4v) is 1.73. The Morgan fingerprint density at radius 2 is 2.22 bits per heavy atom. The first-order chi connectivity index (χ1) is 8.88. The number of hydrogen-bond acceptors (Lipinski definition) is 4. The van der Waals surface area contributed by atoms with Gasteiger partial charge in [-0.15, -0.1) is 0 Å². The molecule has 0 aliphatic carbocycles. The molecule has 0 atom stereocenters. The van der Waals surface area contributed by atoms with Gasteiger partial charge in [-0.1, -0.05) is 0 Å². The van der Waals surface area contributed by atoms with Crippen LogP contribution in [0.3, 0.4) is 0 Å². The summed E-state index contributed by atoms with van der Waals surface area (Å²) < 4.78 is 2.08. The summed E-state index contributed by atoms with van der Waals surface area (Å²) in [5, 5.41) is 6.59. The molecule has 0 saturated carbocycles. The molecular formula is C13H19N5. The SMILES string of the molecule is CCNc1cc(NCCCn2ccnc2)ccn1. The maximum absolute atomic E-state index is 4.23. The standard InChI is InChI=1S/C13H19N5/c1-2-15-13-10-12(4-6-17-13)16-5-3-8-18-9-7-14-11-18/h4,6-7,9-11H,2-3,5,8H2,1H3,(H2,15,16,17). The topological polar surface area (TPSA) is 54.8 Å². The first-order valence-corrected chi connectivity index (χ1v) is 6.28. The Hall–Kier alpha value is -2.04. The molecule has 5 nitrogen and oxygen atoms in total. The third-order valence-corrected chi connectivity index (χ3v) is 2.60. The number of aryl methyl sites for hydroxylation is 1. The van der Waals surface area contributed by atoms with Crippen molar-refractivity contribution in [1.82, 2.24) is 14.5 Å². The van der Waals surface area contributed by atoms with E-state index in [2.05, 4.69) is 32.1 Å². The normalized spacial score (nSPS) is 10.3. The predicted molar refractivity (Wildman–Crippen MR) is 73.7 cm³/mol. The molecule has 2 N–H and O–H groups in total. The predicted octanol–water partition coefficient (Wildman–Crippen LogP) is 2.21. The summed E-state index contributed by atoms with van der Waals surface area (Å²) >= 11 is 0. The summed E-state index contributed by atoms with van der Waals surface area (Å²) in [5.74, 6) is 0.914. The molecule has 0 aliphatic heterocycles. The molecule has 0 spiro atoms. The molecule has 96 valence electrons. The highest BCUT2D eigenvalue weighted by atomic mass is 15.0. The minimum Gasteiger partial charge on any atom is -0.385 e. The van der Waals surface area contributed by atoms with Gasteiger partial charge in [0, 0.05) is 50.0 Å². The number of nitrogens with zero attached hydrogens (tertiary/aromatic N) is 3. The van der Waals surface area contributed by atoms with Crippen molar-refractivity contribution in [1.29, 1.82) is 0 Å². The summed E-state index contributed by atoms with van der Waals surface area (Å²) in [5.41, 5.74) is 1.10. The van der Waals surface area contributed by atoms with E-state index >= 15 is 0 Å². The van der Waals surface area contributed by atoms with Gasteiger partial charge in [0.25, 0.3) is 0 Å². The molecular weight excluding hydrogens is 226 g/mol. The van der Waals surface area contributed by atoms with Gasteiger partial charge in [-0.05, 0) is 19.4 Å². The van der Waals surface area contributed by atoms with Crippen molar-refractivity contribution in [3.63, 3.8) is 0 Å². The van der Waals surface area contributed by atoms with Crippen LogP contribution in [0, 0.1) is 0 Å². The van der Waals surface area contributed by atoms with Crippen LogP contribution in [0.15, 0.2) is 37.1 Å². The molecule has 0 fully saturated rings. The number of anilines is 2. The monoisotopic (exact) mass is 245 g/mol. The van der Waals surface area contributed by atoms with Crippen LogP contribution in [0.25, 0.3) is 0 Å². The van der Waals surface area contributed by atoms with Gasteiger partial charge >= 0.3 is 0 Å². The number of nitrogens with one attached hydrogen (secondary N) is 2. The van der Waals surface area contributed by atoms with Gasteiger partial charge in [0.2, 0.25) is 0 Å². The Kier molecular flexibility index (Phi) is 4.58. The van der Waals surface area contributed by atoms with Gasteiger partial charge in [-0.3, -0.25) is 0 Å². The van der Waals surface area contributed by atoms with Crippen LogP contribution in [0.1, 0.15) is 13.3 Å². The molecule has 0 radical (unpaired) electrons. The van der Waals surface area contributed by atoms with E-state index in [1.54, 1.807) is 6.20 Å². The summed E-state index contributed by atoms with van der Waals surface area (Å²) in [7, 11) is 0. The number of pyridine rings is 1. The van der Waals surface area contributed by atoms with E-state index in [1.807, 2.05) is 30.9 Å². The lowest BCUT2D eigenvalue weighted by molar-refractivity contribution is 0.661. The Labute approximate surface area is 107 Å². The second-order valence-corrected chi connectivity index (χ2v) is 4.04. The summed E-state index contributed by atoms with van der Waals surface area (Å²) in [6.45, 7) is 4.87. The van der Waals surface area contributed by atoms with Crippen LogP contribution in [-0.4, -0.2) is 27.6 Å². The molecule has 0 amide bonds. The average molecular weight is 245 g/mol. The van der Waals surface area contributed by atoms with Crippen LogP contribution in [0.5, 0.6) is 0 Å². The van der Waals surface area contributed by atoms with E-state index in [9.17, 15) is 0 Å². The van der Waals surface area contributed by atoms with E-state index in [1.165, 1.54) is 0 Å². The van der Waals surface area contributed by atoms with Gasteiger partial charge in [0.1, 0.15) is 5.82 Å². The lowest BCUT2D eigenvalue weighted by Crippen LogP contribution is -2.06. The largest absolute Gasteiger partial charge is 0.385 e. The fourth-order valence-electron chi connectivity index (χ4n) is 1.73. The van der Waals surface area contributed by atoms with Crippen molar-refractivity contribution in [2.24, 2.45) is 0 Å². The molecule has 0 aliphatic rings. The smallest absolute Gasteiger partial charge is 0.127 e. The zero-order valence-corrected chi connectivity index (χ0v) is 10.6. The highest BCUT2D eigenvalue weighted by molar-refractivity contribution is 5.51. The van der Waals surface area contributed by atoms with Gasteiger partial charge in [-0.25, -0.2) is 9.97 Å². The highest BCUT2D eigenvalue weighted by Gasteiger charge is 1.96. The quantitative estimate of drug-likeness (QED) is 0.734. The summed E-state index contributed by atoms with van der Waals surface area (Å²) in [6.07, 6.45) is 8.51. The Morgan fingerprint density at radius 3 is 3.00 bits per heavy atom. The first kappa shape index (κ1) is 12.4. The summed E-state index contributed by atoms with van der Waals surface area (Å²) in [6, 6.07) is 4.01. The summed E-state index contributed by atoms with van der Waals surface area (Å²) in [4.78, 5) is 8.25. The molecule has 18 heavy (non-hydrogen) atoms. The molecule has 0 unspecified atom stereocenters. The highest BCUT2D eigenvalue weighted by Crippen LogP contribution is 2.11. The van der Waals surface area contributed by atoms with Crippen molar-refractivity contribution >= 4 is 11.5 Å². The molecule has 0 aromatic carbocycles. The molecule has 0 saturated heterocycles. The third-order valence-electron chi connectivity index (χ3n) is 2.60. The molecule has 2 rings (SSSR count). The van der Waals surface area contributed by atoms with E-state index in [0.717, 1.165) is 37.6 Å². The Morgan fingerprint density at radius 1 is 1.28 bits per heavy atom. The van der Waals surface area contributed by atoms with Crippen LogP contribution >= 0.6 is 0 Å². The van der Waals surface area contributed by atoms with Crippen LogP contribution in [0.2, 0.25) is 0 Å². The van der Waals surface area contributed by atoms with Crippen LogP contribution < -0.4 is 10.6 Å². The van der Waals surface area contributed by atoms with Crippen molar-refractivity contribution in [2.75, 3.05) is 23.7 Å². The lowest BCUT2D eigenvalue weighted by Gasteiger charge is -2.08. The molecule has 2 aromatic rings. The van der Waals surface area contributed by atoms with Crippen LogP contribution in [-0.2, 0) is 6.54 Å². The minimum absolute atomic E-state index is 0.886. The van der Waals surface area contributed by atoms with Crippen molar-refractivity contribution < 1.29 is 0 Å². The molecule has 5 heteroatoms. The van der Waals surface area contributed by atoms with E-state index in [-0.39, 0.29) is 0 Å². The Bertz CT molecular complexity index is 452. The Balaban J connectivity index is 1.74. The molecule has 2 heterocycles. The molecule has 0 bridgehead atoms. The first-order valence-electron chi connectivity index (χ1n) is 6.28. The number of aromatic nitrogens is 3. The third kappa shape index (κ3) is 3.76. The molecule has 2 aromatic heterocycles. The number of hydrogen-bond donors (Lipinski definition) is 2. The second-order valence-electron chi connectivity index (χ2n) is 4.04. The van der Waals surface area contributed by atoms with Crippen LogP contribution in [0.4, 0.5) is 11.5 Å². The average Bonchev–Trinajstić information content (AvgIpc) is 2.89. The minimum atomic E-state index is 0.886. The van der Waals surface area contributed by atoms with Gasteiger partial charge in [-0.2, -0.15) is 0 Å². The van der Waals surface area contributed by atoms with Gasteiger partial charge in [0.05, 0.1) is 6.33 Å². The lowest BCUT2D eigenvalue weighted by atomic mass is 10.3. The maximum atomic E-state index is 4.23. The van der Waals surface area contributed by atoms with E-state index in [4.69, 9.17) is 0 Å². The van der Waals surface area contributed by atoms with Crippen molar-refractivity contribution in [3.05, 3.63) is 37.1 Å². The van der Waals surface area contributed by atoms with Crippen molar-refractivity contribution in [2.45, 2.75) is 19.9 Å². The number of imidazole rings is 1. The maximum Gasteiger partial charge on any atom is 0.127 e.